The van der Waals surface area contributed by atoms with Crippen LogP contribution in [0.15, 0.2) is 29.3 Å². The second-order valence-electron chi connectivity index (χ2n) is 9.57. The van der Waals surface area contributed by atoms with Gasteiger partial charge in [0.05, 0.1) is 11.2 Å². The van der Waals surface area contributed by atoms with Crippen molar-refractivity contribution in [3.05, 3.63) is 41.2 Å². The van der Waals surface area contributed by atoms with E-state index in [2.05, 4.69) is 58.8 Å². The van der Waals surface area contributed by atoms with E-state index in [0.717, 1.165) is 0 Å². The monoisotopic (exact) mass is 634 g/mol. The van der Waals surface area contributed by atoms with E-state index >= 15 is 0 Å². The van der Waals surface area contributed by atoms with E-state index in [1.54, 1.807) is 29.2 Å². The van der Waals surface area contributed by atoms with Gasteiger partial charge in [0.1, 0.15) is 5.82 Å². The molecule has 0 atom stereocenters. The number of likely N-dealkylation sites (tertiary alicyclic amines) is 1. The molecule has 1 aromatic carbocycles. The Morgan fingerprint density at radius 3 is 2.61 bits per heavy atom. The van der Waals surface area contributed by atoms with Crippen molar-refractivity contribution in [1.82, 2.24) is 30.8 Å². The molecule has 3 heterocycles. The minimum absolute atomic E-state index is 0.000917. The van der Waals surface area contributed by atoms with Gasteiger partial charge in [-0.15, -0.1) is 0 Å². The summed E-state index contributed by atoms with van der Waals surface area (Å²) >= 11 is 2.08. The first-order valence-corrected chi connectivity index (χ1v) is 13.7. The fourth-order valence-corrected chi connectivity index (χ4v) is 4.91. The summed E-state index contributed by atoms with van der Waals surface area (Å²) in [7, 11) is 0. The minimum atomic E-state index is -0.615. The first-order valence-electron chi connectivity index (χ1n) is 12.2. The normalized spacial score (nSPS) is 17.3. The quantitative estimate of drug-likeness (QED) is 0.209. The predicted octanol–water partition coefficient (Wildman–Crippen LogP) is 1.47. The van der Waals surface area contributed by atoms with Gasteiger partial charge in [-0.2, -0.15) is 4.99 Å². The SMILES string of the molecule is CC(C)NC(=O)Nc1cccc(C(=O)N2CCC3(CC2)CN/C(=N\C(=O)c2nc(CI)c(N)nc2N)N3)c1. The van der Waals surface area contributed by atoms with Crippen LogP contribution in [0, 0.1) is 0 Å². The van der Waals surface area contributed by atoms with Crippen LogP contribution in [-0.2, 0) is 4.43 Å². The zero-order chi connectivity index (χ0) is 27.4. The van der Waals surface area contributed by atoms with Crippen LogP contribution in [0.4, 0.5) is 22.1 Å². The van der Waals surface area contributed by atoms with Gasteiger partial charge in [0.2, 0.25) is 0 Å². The summed E-state index contributed by atoms with van der Waals surface area (Å²) in [5, 5.41) is 12.0. The number of amides is 4. The Labute approximate surface area is 233 Å². The molecule has 38 heavy (non-hydrogen) atoms. The highest BCUT2D eigenvalue weighted by Crippen LogP contribution is 2.26. The van der Waals surface area contributed by atoms with E-state index in [9.17, 15) is 14.4 Å². The Bertz CT molecular complexity index is 1270. The standard InChI is InChI=1S/C24H31IN10O3/c1-13(2)29-23(38)30-15-5-3-4-14(10-15)21(37)35-8-6-24(7-9-35)12-28-22(34-24)33-20(36)17-19(27)32-18(26)16(11-25)31-17/h3-5,10,13H,6-9,11-12H2,1-2H3,(H4,26,27,32)(H2,29,30,38)(H2,28,33,34,36). The van der Waals surface area contributed by atoms with Gasteiger partial charge >= 0.3 is 11.9 Å². The molecule has 0 bridgehead atoms. The van der Waals surface area contributed by atoms with E-state index in [-0.39, 0.29) is 40.8 Å². The van der Waals surface area contributed by atoms with Crippen LogP contribution in [0.3, 0.4) is 0 Å². The molecule has 0 aliphatic carbocycles. The first-order chi connectivity index (χ1) is 18.1. The number of guanidine groups is 1. The molecule has 2 aromatic rings. The topological polar surface area (TPSA) is 193 Å². The molecule has 13 nitrogen and oxygen atoms in total. The fraction of sp³-hybridized carbons (Fsp3) is 0.417. The number of piperidine rings is 1. The average Bonchev–Trinajstić information content (AvgIpc) is 3.25. The molecule has 8 N–H and O–H groups in total. The number of carbonyl (C=O) groups is 3. The predicted molar refractivity (Wildman–Crippen MR) is 153 cm³/mol. The van der Waals surface area contributed by atoms with Gasteiger partial charge in [-0.1, -0.05) is 28.7 Å². The number of alkyl halides is 1. The van der Waals surface area contributed by atoms with Crippen molar-refractivity contribution in [1.29, 1.82) is 0 Å². The number of halogens is 1. The number of nitrogen functional groups attached to an aromatic ring is 2. The molecule has 1 spiro atoms. The summed E-state index contributed by atoms with van der Waals surface area (Å²) < 4.78 is 0.483. The molecular formula is C24H31IN10O3. The third kappa shape index (κ3) is 6.23. The number of benzene rings is 1. The van der Waals surface area contributed by atoms with E-state index in [1.807, 2.05) is 13.8 Å². The number of anilines is 3. The number of carbonyl (C=O) groups excluding carboxylic acids is 3. The zero-order valence-electron chi connectivity index (χ0n) is 21.2. The highest BCUT2D eigenvalue weighted by atomic mass is 127. The lowest BCUT2D eigenvalue weighted by molar-refractivity contribution is 0.0669. The maximum absolute atomic E-state index is 13.2. The van der Waals surface area contributed by atoms with Gasteiger partial charge in [0.15, 0.2) is 17.5 Å². The van der Waals surface area contributed by atoms with Gasteiger partial charge in [-0.3, -0.25) is 9.59 Å². The molecule has 0 saturated carbocycles. The van der Waals surface area contributed by atoms with Crippen LogP contribution in [0.2, 0.25) is 0 Å². The maximum Gasteiger partial charge on any atom is 0.319 e. The van der Waals surface area contributed by atoms with Gasteiger partial charge in [0, 0.05) is 41.4 Å². The number of aliphatic imine (C=N–C) groups is 1. The molecule has 202 valence electrons. The molecule has 1 aromatic heterocycles. The van der Waals surface area contributed by atoms with E-state index < -0.39 is 5.91 Å². The van der Waals surface area contributed by atoms with Gasteiger partial charge < -0.3 is 37.6 Å². The lowest BCUT2D eigenvalue weighted by atomic mass is 9.88. The fourth-order valence-electron chi connectivity index (χ4n) is 4.35. The number of nitrogens with one attached hydrogen (secondary N) is 4. The second-order valence-corrected chi connectivity index (χ2v) is 10.3. The number of nitrogens with zero attached hydrogens (tertiary/aromatic N) is 4. The number of hydrogen-bond acceptors (Lipinski definition) is 7. The Hall–Kier alpha value is -3.69. The zero-order valence-corrected chi connectivity index (χ0v) is 23.3. The van der Waals surface area contributed by atoms with Crippen molar-refractivity contribution in [3.63, 3.8) is 0 Å². The Kier molecular flexibility index (Phi) is 8.18. The molecule has 2 fully saturated rings. The molecule has 2 saturated heterocycles. The molecule has 14 heteroatoms. The summed E-state index contributed by atoms with van der Waals surface area (Å²) in [5.41, 5.74) is 12.8. The minimum Gasteiger partial charge on any atom is -0.382 e. The average molecular weight is 634 g/mol. The van der Waals surface area contributed by atoms with Crippen LogP contribution in [0.25, 0.3) is 0 Å². The third-order valence-electron chi connectivity index (χ3n) is 6.34. The largest absolute Gasteiger partial charge is 0.382 e. The van der Waals surface area contributed by atoms with Crippen LogP contribution < -0.4 is 32.7 Å². The van der Waals surface area contributed by atoms with Crippen molar-refractivity contribution < 1.29 is 14.4 Å². The van der Waals surface area contributed by atoms with E-state index in [4.69, 9.17) is 11.5 Å². The van der Waals surface area contributed by atoms with Crippen molar-refractivity contribution in [2.24, 2.45) is 4.99 Å². The molecule has 0 unspecified atom stereocenters. The lowest BCUT2D eigenvalue weighted by Crippen LogP contribution is -2.53. The third-order valence-corrected chi connectivity index (χ3v) is 7.06. The summed E-state index contributed by atoms with van der Waals surface area (Å²) in [6.07, 6.45) is 1.33. The van der Waals surface area contributed by atoms with E-state index in [0.29, 0.717) is 59.8 Å². The van der Waals surface area contributed by atoms with Crippen LogP contribution in [0.1, 0.15) is 53.2 Å². The molecule has 2 aliphatic heterocycles. The van der Waals surface area contributed by atoms with Gasteiger partial charge in [0.25, 0.3) is 5.91 Å². The Morgan fingerprint density at radius 2 is 1.92 bits per heavy atom. The summed E-state index contributed by atoms with van der Waals surface area (Å²) in [6.45, 7) is 5.35. The molecular weight excluding hydrogens is 603 g/mol. The van der Waals surface area contributed by atoms with Crippen LogP contribution in [0.5, 0.6) is 0 Å². The molecule has 2 aliphatic rings. The second kappa shape index (κ2) is 11.4. The smallest absolute Gasteiger partial charge is 0.319 e. The summed E-state index contributed by atoms with van der Waals surface area (Å²) in [5.74, 6) is -0.257. The maximum atomic E-state index is 13.2. The number of rotatable bonds is 5. The highest BCUT2D eigenvalue weighted by Gasteiger charge is 2.41. The Balaban J connectivity index is 1.36. The summed E-state index contributed by atoms with van der Waals surface area (Å²) in [4.78, 5) is 52.0. The molecule has 0 radical (unpaired) electrons. The molecule has 4 amide bonds. The molecule has 4 rings (SSSR count). The van der Waals surface area contributed by atoms with Gasteiger partial charge in [-0.25, -0.2) is 14.8 Å². The Morgan fingerprint density at radius 1 is 1.18 bits per heavy atom. The highest BCUT2D eigenvalue weighted by molar-refractivity contribution is 14.1. The number of urea groups is 1. The summed E-state index contributed by atoms with van der Waals surface area (Å²) in [6, 6.07) is 6.57. The van der Waals surface area contributed by atoms with Crippen molar-refractivity contribution in [3.8, 4) is 0 Å². The van der Waals surface area contributed by atoms with Crippen LogP contribution in [-0.4, -0.2) is 69.9 Å². The lowest BCUT2D eigenvalue weighted by Gasteiger charge is -2.38. The number of aromatic nitrogens is 2. The number of nitrogens with two attached hydrogens (primary N) is 2. The van der Waals surface area contributed by atoms with E-state index in [1.165, 1.54) is 0 Å². The van der Waals surface area contributed by atoms with Crippen LogP contribution >= 0.6 is 22.6 Å². The van der Waals surface area contributed by atoms with Crippen molar-refractivity contribution >= 4 is 63.7 Å². The van der Waals surface area contributed by atoms with Crippen molar-refractivity contribution in [2.75, 3.05) is 36.4 Å². The first kappa shape index (κ1) is 27.3. The number of hydrogen-bond donors (Lipinski definition) is 6. The van der Waals surface area contributed by atoms with Gasteiger partial charge in [-0.05, 0) is 44.9 Å². The van der Waals surface area contributed by atoms with Crippen molar-refractivity contribution in [2.45, 2.75) is 42.7 Å².